The van der Waals surface area contributed by atoms with Crippen LogP contribution in [0.15, 0.2) is 6.20 Å². The Hall–Kier alpha value is -3.29. The molecule has 0 aliphatic heterocycles. The van der Waals surface area contributed by atoms with Crippen LogP contribution >= 0.6 is 0 Å². The molecule has 0 aliphatic rings. The second kappa shape index (κ2) is 12.2. The maximum absolute atomic E-state index is 12.0. The van der Waals surface area contributed by atoms with Gasteiger partial charge in [0.2, 0.25) is 0 Å². The van der Waals surface area contributed by atoms with Crippen molar-refractivity contribution < 1.29 is 43.6 Å². The van der Waals surface area contributed by atoms with E-state index >= 15 is 0 Å². The molecule has 162 valence electrons. The van der Waals surface area contributed by atoms with Crippen LogP contribution in [0.25, 0.3) is 0 Å². The molecule has 14 heteroatoms. The average molecular weight is 419 g/mol. The van der Waals surface area contributed by atoms with E-state index in [4.69, 9.17) is 14.9 Å². The molecule has 0 saturated heterocycles. The lowest BCUT2D eigenvalue weighted by atomic mass is 10.1. The summed E-state index contributed by atoms with van der Waals surface area (Å²) in [5, 5.41) is 38.5. The number of amides is 2. The number of aromatic nitrogens is 3. The van der Waals surface area contributed by atoms with Crippen molar-refractivity contribution in [1.29, 1.82) is 0 Å². The van der Waals surface area contributed by atoms with E-state index in [-0.39, 0.29) is 32.6 Å². The summed E-state index contributed by atoms with van der Waals surface area (Å²) in [6.45, 7) is -0.763. The van der Waals surface area contributed by atoms with Crippen molar-refractivity contribution in [2.75, 3.05) is 13.3 Å². The molecule has 2 amide bonds. The molecule has 1 heterocycles. The molecule has 1 aromatic heterocycles. The highest BCUT2D eigenvalue weighted by Crippen LogP contribution is 2.04. The molecule has 0 bridgehead atoms. The Morgan fingerprint density at radius 2 is 1.72 bits per heavy atom. The van der Waals surface area contributed by atoms with E-state index < -0.39 is 49.1 Å². The van der Waals surface area contributed by atoms with Crippen LogP contribution in [0.4, 0.5) is 9.18 Å². The highest BCUT2D eigenvalue weighted by Gasteiger charge is 2.25. The van der Waals surface area contributed by atoms with Gasteiger partial charge in [0.25, 0.3) is 0 Å². The maximum atomic E-state index is 12.0. The van der Waals surface area contributed by atoms with Crippen molar-refractivity contribution in [2.24, 2.45) is 0 Å². The zero-order valence-corrected chi connectivity index (χ0v) is 15.3. The minimum absolute atomic E-state index is 0.0210. The number of aryl methyl sites for hydroxylation is 1. The summed E-state index contributed by atoms with van der Waals surface area (Å²) < 4.78 is 18.2. The standard InChI is InChI=1S/C15H22FN5O8/c16-5-6-29-8-21-7-9(19-20-21)1-2-10(13(24)25)17-15(28)18-11(14(26)27)3-4-12(22)23/h7,10-11H,1-6,8H2,(H,22,23)(H,24,25)(H,26,27)(H2,17,18,28)/t10-,11-/m0/s1. The summed E-state index contributed by atoms with van der Waals surface area (Å²) in [6, 6.07) is -3.89. The third kappa shape index (κ3) is 9.46. The summed E-state index contributed by atoms with van der Waals surface area (Å²) in [6.07, 6.45) is 0.693. The zero-order chi connectivity index (χ0) is 21.8. The molecule has 1 rings (SSSR count). The number of urea groups is 1. The summed E-state index contributed by atoms with van der Waals surface area (Å²) in [5.74, 6) is -4.03. The van der Waals surface area contributed by atoms with Gasteiger partial charge < -0.3 is 30.7 Å². The van der Waals surface area contributed by atoms with Gasteiger partial charge in [0.05, 0.1) is 18.5 Å². The Morgan fingerprint density at radius 3 is 2.28 bits per heavy atom. The second-order valence-corrected chi connectivity index (χ2v) is 5.85. The fourth-order valence-electron chi connectivity index (χ4n) is 2.16. The predicted octanol–water partition coefficient (Wildman–Crippen LogP) is -0.775. The molecule has 2 atom stereocenters. The molecule has 0 aliphatic carbocycles. The normalized spacial score (nSPS) is 12.7. The molecular weight excluding hydrogens is 397 g/mol. The van der Waals surface area contributed by atoms with E-state index in [1.54, 1.807) is 0 Å². The zero-order valence-electron chi connectivity index (χ0n) is 15.3. The average Bonchev–Trinajstić information content (AvgIpc) is 3.09. The largest absolute Gasteiger partial charge is 0.481 e. The van der Waals surface area contributed by atoms with Gasteiger partial charge in [0.15, 0.2) is 0 Å². The number of rotatable bonds is 14. The Morgan fingerprint density at radius 1 is 1.10 bits per heavy atom. The van der Waals surface area contributed by atoms with E-state index in [1.165, 1.54) is 10.9 Å². The molecule has 29 heavy (non-hydrogen) atoms. The monoisotopic (exact) mass is 419 g/mol. The lowest BCUT2D eigenvalue weighted by Gasteiger charge is -2.18. The van der Waals surface area contributed by atoms with Gasteiger partial charge in [0.1, 0.15) is 25.5 Å². The van der Waals surface area contributed by atoms with E-state index in [0.29, 0.717) is 5.69 Å². The van der Waals surface area contributed by atoms with Crippen LogP contribution in [0.3, 0.4) is 0 Å². The first-order valence-corrected chi connectivity index (χ1v) is 8.50. The second-order valence-electron chi connectivity index (χ2n) is 5.85. The highest BCUT2D eigenvalue weighted by molar-refractivity contribution is 5.86. The van der Waals surface area contributed by atoms with Crippen LogP contribution in [-0.4, -0.2) is 79.6 Å². The molecule has 0 spiro atoms. The van der Waals surface area contributed by atoms with Crippen LogP contribution in [0.5, 0.6) is 0 Å². The van der Waals surface area contributed by atoms with Gasteiger partial charge in [-0.1, -0.05) is 5.21 Å². The van der Waals surface area contributed by atoms with Crippen LogP contribution in [0.1, 0.15) is 25.0 Å². The van der Waals surface area contributed by atoms with Crippen molar-refractivity contribution in [1.82, 2.24) is 25.6 Å². The molecule has 0 aromatic carbocycles. The number of carbonyl (C=O) groups is 4. The van der Waals surface area contributed by atoms with Crippen molar-refractivity contribution in [2.45, 2.75) is 44.5 Å². The van der Waals surface area contributed by atoms with Crippen LogP contribution in [0, 0.1) is 0 Å². The number of nitrogens with one attached hydrogen (secondary N) is 2. The Bertz CT molecular complexity index is 713. The minimum atomic E-state index is -1.48. The van der Waals surface area contributed by atoms with Gasteiger partial charge in [-0.25, -0.2) is 23.5 Å². The van der Waals surface area contributed by atoms with E-state index in [1.807, 2.05) is 5.32 Å². The third-order valence-corrected chi connectivity index (χ3v) is 3.57. The number of halogens is 1. The Labute approximate surface area is 163 Å². The van der Waals surface area contributed by atoms with E-state index in [2.05, 4.69) is 15.6 Å². The first kappa shape index (κ1) is 23.7. The van der Waals surface area contributed by atoms with Gasteiger partial charge in [-0.15, -0.1) is 5.10 Å². The highest BCUT2D eigenvalue weighted by atomic mass is 19.1. The first-order valence-electron chi connectivity index (χ1n) is 8.50. The summed E-state index contributed by atoms with van der Waals surface area (Å²) in [7, 11) is 0. The summed E-state index contributed by atoms with van der Waals surface area (Å²) in [5.41, 5.74) is 0.409. The smallest absolute Gasteiger partial charge is 0.326 e. The minimum Gasteiger partial charge on any atom is -0.481 e. The molecule has 13 nitrogen and oxygen atoms in total. The number of nitrogens with zero attached hydrogens (tertiary/aromatic N) is 3. The number of alkyl halides is 1. The number of carboxylic acid groups (broad SMARTS) is 3. The quantitative estimate of drug-likeness (QED) is 0.239. The van der Waals surface area contributed by atoms with Crippen molar-refractivity contribution in [3.63, 3.8) is 0 Å². The molecule has 1 aromatic rings. The Balaban J connectivity index is 2.55. The van der Waals surface area contributed by atoms with Crippen molar-refractivity contribution in [3.8, 4) is 0 Å². The molecule has 0 fully saturated rings. The lowest BCUT2D eigenvalue weighted by Crippen LogP contribution is -2.51. The lowest BCUT2D eigenvalue weighted by molar-refractivity contribution is -0.140. The molecule has 0 saturated carbocycles. The number of hydrogen-bond acceptors (Lipinski definition) is 7. The summed E-state index contributed by atoms with van der Waals surface area (Å²) >= 11 is 0. The van der Waals surface area contributed by atoms with Crippen molar-refractivity contribution >= 4 is 23.9 Å². The summed E-state index contributed by atoms with van der Waals surface area (Å²) in [4.78, 5) is 44.9. The molecule has 0 radical (unpaired) electrons. The molecular formula is C15H22FN5O8. The predicted molar refractivity (Wildman–Crippen MR) is 91.7 cm³/mol. The molecule has 0 unspecified atom stereocenters. The van der Waals surface area contributed by atoms with Crippen LogP contribution < -0.4 is 10.6 Å². The topological polar surface area (TPSA) is 193 Å². The van der Waals surface area contributed by atoms with Crippen LogP contribution in [0.2, 0.25) is 0 Å². The SMILES string of the molecule is O=C(O)CC[C@H](NC(=O)N[C@@H](CCc1cn(COCCF)nn1)C(=O)O)C(=O)O. The first-order chi connectivity index (χ1) is 13.7. The van der Waals surface area contributed by atoms with Crippen LogP contribution in [-0.2, 0) is 32.3 Å². The number of carbonyl (C=O) groups excluding carboxylic acids is 1. The van der Waals surface area contributed by atoms with Gasteiger partial charge >= 0.3 is 23.9 Å². The fourth-order valence-corrected chi connectivity index (χ4v) is 2.16. The van der Waals surface area contributed by atoms with E-state index in [0.717, 1.165) is 0 Å². The number of carboxylic acids is 3. The van der Waals surface area contributed by atoms with Gasteiger partial charge in [0, 0.05) is 6.42 Å². The van der Waals surface area contributed by atoms with Gasteiger partial charge in [-0.3, -0.25) is 4.79 Å². The fraction of sp³-hybridized carbons (Fsp3) is 0.600. The van der Waals surface area contributed by atoms with Gasteiger partial charge in [-0.2, -0.15) is 0 Å². The number of aliphatic carboxylic acids is 3. The Kier molecular flexibility index (Phi) is 10.0. The third-order valence-electron chi connectivity index (χ3n) is 3.57. The van der Waals surface area contributed by atoms with E-state index in [9.17, 15) is 28.7 Å². The van der Waals surface area contributed by atoms with Crippen molar-refractivity contribution in [3.05, 3.63) is 11.9 Å². The number of hydrogen-bond donors (Lipinski definition) is 5. The van der Waals surface area contributed by atoms with Gasteiger partial charge in [-0.05, 0) is 19.3 Å². The maximum Gasteiger partial charge on any atom is 0.326 e. The molecule has 5 N–H and O–H groups in total. The number of ether oxygens (including phenoxy) is 1.